The van der Waals surface area contributed by atoms with Crippen molar-refractivity contribution in [1.29, 1.82) is 0 Å². The number of azo groups is 1. The molecule has 0 radical (unpaired) electrons. The Balaban J connectivity index is 1.76. The van der Waals surface area contributed by atoms with Crippen molar-refractivity contribution in [3.63, 3.8) is 0 Å². The number of sulfonamides is 1. The quantitative estimate of drug-likeness (QED) is 0.169. The van der Waals surface area contributed by atoms with Crippen LogP contribution in [0.4, 0.5) is 16.6 Å². The molecule has 0 spiro atoms. The highest BCUT2D eigenvalue weighted by Crippen LogP contribution is 2.35. The van der Waals surface area contributed by atoms with Crippen LogP contribution in [0.2, 0.25) is 0 Å². The van der Waals surface area contributed by atoms with Crippen molar-refractivity contribution in [3.05, 3.63) is 42.1 Å². The third kappa shape index (κ3) is 5.43. The smallest absolute Gasteiger partial charge is 0.296 e. The van der Waals surface area contributed by atoms with Crippen LogP contribution in [-0.4, -0.2) is 55.7 Å². The van der Waals surface area contributed by atoms with Crippen LogP contribution in [0.5, 0.6) is 0 Å². The zero-order valence-electron chi connectivity index (χ0n) is 19.5. The van der Waals surface area contributed by atoms with Crippen LogP contribution in [0.25, 0.3) is 15.9 Å². The molecule has 0 saturated heterocycles. The molecule has 2 aromatic heterocycles. The molecule has 2 aromatic carbocycles. The van der Waals surface area contributed by atoms with E-state index < -0.39 is 45.7 Å². The van der Waals surface area contributed by atoms with E-state index in [1.807, 2.05) is 0 Å². The summed E-state index contributed by atoms with van der Waals surface area (Å²) in [5.74, 6) is -0.260. The summed E-state index contributed by atoms with van der Waals surface area (Å²) in [6.07, 6.45) is 0. The Kier molecular flexibility index (Phi) is 7.12. The summed E-state index contributed by atoms with van der Waals surface area (Å²) in [6.45, 7) is 3.35. The molecule has 2 heterocycles. The predicted molar refractivity (Wildman–Crippen MR) is 137 cm³/mol. The van der Waals surface area contributed by atoms with Crippen LogP contribution in [0.3, 0.4) is 0 Å². The number of thiazole rings is 1. The Bertz CT molecular complexity index is 1930. The number of hydrogen-bond acceptors (Lipinski definition) is 12. The van der Waals surface area contributed by atoms with Gasteiger partial charge in [0.1, 0.15) is 4.90 Å². The van der Waals surface area contributed by atoms with E-state index >= 15 is 0 Å². The Labute approximate surface area is 220 Å². The average Bonchev–Trinajstić information content (AvgIpc) is 3.35. The van der Waals surface area contributed by atoms with Crippen molar-refractivity contribution in [1.82, 2.24) is 19.5 Å². The summed E-state index contributed by atoms with van der Waals surface area (Å²) in [4.78, 5) is 2.94. The number of nitrogens with one attached hydrogen (secondary N) is 1. The standard InChI is InChI=1S/C19H19N7O8S4/c1-3-21-36(27,28)11-4-6-13-15(9-11)35-19(22-13)24-23-17-10(2)25-26(18(17)20)14-8-12(37(29,30)31)5-7-16(14)38(32,33)34/h4-9,21H,3,20H2,1-2H3,(H,29,30,31)(H,32,33,34)/b24-23+. The summed E-state index contributed by atoms with van der Waals surface area (Å²) in [5, 5.41) is 12.3. The number of anilines is 1. The molecule has 4 rings (SSSR count). The van der Waals surface area contributed by atoms with Crippen LogP contribution in [0.1, 0.15) is 12.6 Å². The van der Waals surface area contributed by atoms with E-state index in [2.05, 4.69) is 25.0 Å². The number of fused-ring (bicyclic) bond motifs is 1. The Hall–Kier alpha value is -3.33. The number of nitrogens with zero attached hydrogens (tertiary/aromatic N) is 5. The maximum atomic E-state index is 12.3. The van der Waals surface area contributed by atoms with Crippen LogP contribution in [0, 0.1) is 6.92 Å². The van der Waals surface area contributed by atoms with Gasteiger partial charge in [-0.3, -0.25) is 9.11 Å². The largest absolute Gasteiger partial charge is 0.382 e. The Morgan fingerprint density at radius 2 is 1.68 bits per heavy atom. The second-order valence-electron chi connectivity index (χ2n) is 7.64. The molecule has 38 heavy (non-hydrogen) atoms. The molecule has 5 N–H and O–H groups in total. The zero-order valence-corrected chi connectivity index (χ0v) is 22.7. The van der Waals surface area contributed by atoms with Gasteiger partial charge in [0.25, 0.3) is 20.2 Å². The first-order valence-electron chi connectivity index (χ1n) is 10.4. The number of aromatic nitrogens is 3. The zero-order chi connectivity index (χ0) is 28.0. The molecule has 0 saturated carbocycles. The summed E-state index contributed by atoms with van der Waals surface area (Å²) in [7, 11) is -13.3. The van der Waals surface area contributed by atoms with Gasteiger partial charge in [0.05, 0.1) is 31.4 Å². The lowest BCUT2D eigenvalue weighted by atomic mass is 10.3. The molecule has 0 bridgehead atoms. The molecule has 0 atom stereocenters. The number of rotatable bonds is 8. The van der Waals surface area contributed by atoms with Gasteiger partial charge in [-0.05, 0) is 43.3 Å². The minimum absolute atomic E-state index is 0.0155. The number of nitrogens with two attached hydrogens (primary N) is 1. The molecule has 0 amide bonds. The monoisotopic (exact) mass is 601 g/mol. The van der Waals surface area contributed by atoms with Gasteiger partial charge in [-0.2, -0.15) is 21.9 Å². The molecule has 0 fully saturated rings. The van der Waals surface area contributed by atoms with Gasteiger partial charge in [-0.1, -0.05) is 18.3 Å². The number of benzene rings is 2. The highest BCUT2D eigenvalue weighted by Gasteiger charge is 2.24. The lowest BCUT2D eigenvalue weighted by molar-refractivity contribution is 0.477. The maximum Gasteiger partial charge on any atom is 0.296 e. The van der Waals surface area contributed by atoms with E-state index in [1.54, 1.807) is 6.92 Å². The molecule has 0 aliphatic carbocycles. The van der Waals surface area contributed by atoms with Gasteiger partial charge in [0.15, 0.2) is 11.5 Å². The van der Waals surface area contributed by atoms with E-state index in [0.29, 0.717) is 10.2 Å². The van der Waals surface area contributed by atoms with E-state index in [1.165, 1.54) is 25.1 Å². The molecular formula is C19H19N7O8S4. The van der Waals surface area contributed by atoms with Gasteiger partial charge in [0.2, 0.25) is 15.2 Å². The second kappa shape index (κ2) is 9.76. The molecule has 15 nitrogen and oxygen atoms in total. The third-order valence-corrected chi connectivity index (χ3v) is 9.22. The van der Waals surface area contributed by atoms with E-state index in [4.69, 9.17) is 5.73 Å². The first-order valence-corrected chi connectivity index (χ1v) is 15.6. The fourth-order valence-corrected chi connectivity index (χ4v) is 6.47. The van der Waals surface area contributed by atoms with Crippen LogP contribution in [0.15, 0.2) is 61.3 Å². The van der Waals surface area contributed by atoms with E-state index in [-0.39, 0.29) is 33.8 Å². The fourth-order valence-electron chi connectivity index (χ4n) is 3.35. The highest BCUT2D eigenvalue weighted by molar-refractivity contribution is 7.89. The fraction of sp³-hybridized carbons (Fsp3) is 0.158. The van der Waals surface area contributed by atoms with E-state index in [9.17, 15) is 34.4 Å². The van der Waals surface area contributed by atoms with Gasteiger partial charge in [-0.15, -0.1) is 10.2 Å². The van der Waals surface area contributed by atoms with Crippen molar-refractivity contribution >= 4 is 68.4 Å². The second-order valence-corrected chi connectivity index (χ2v) is 13.2. The van der Waals surface area contributed by atoms with Crippen molar-refractivity contribution < 1.29 is 34.4 Å². The van der Waals surface area contributed by atoms with Gasteiger partial charge < -0.3 is 5.73 Å². The van der Waals surface area contributed by atoms with Crippen LogP contribution >= 0.6 is 11.3 Å². The lowest BCUT2D eigenvalue weighted by Crippen LogP contribution is -2.22. The van der Waals surface area contributed by atoms with Crippen LogP contribution in [-0.2, 0) is 30.3 Å². The number of aryl methyl sites for hydroxylation is 1. The van der Waals surface area contributed by atoms with Gasteiger partial charge >= 0.3 is 0 Å². The number of nitrogen functional groups attached to an aromatic ring is 1. The maximum absolute atomic E-state index is 12.3. The number of hydrogen-bond donors (Lipinski definition) is 4. The summed E-state index contributed by atoms with van der Waals surface area (Å²) >= 11 is 1.05. The van der Waals surface area contributed by atoms with Crippen molar-refractivity contribution in [2.75, 3.05) is 12.3 Å². The summed E-state index contributed by atoms with van der Waals surface area (Å²) in [6, 6.07) is 6.70. The molecule has 4 aromatic rings. The third-order valence-electron chi connectivity index (χ3n) is 5.03. The molecule has 0 aliphatic heterocycles. The van der Waals surface area contributed by atoms with Crippen molar-refractivity contribution in [2.45, 2.75) is 28.5 Å². The first-order chi connectivity index (χ1) is 17.6. The summed E-state index contributed by atoms with van der Waals surface area (Å²) in [5.41, 5.74) is 6.27. The summed E-state index contributed by atoms with van der Waals surface area (Å²) < 4.78 is 94.2. The molecule has 202 valence electrons. The molecule has 19 heteroatoms. The topological polar surface area (TPSA) is 236 Å². The first kappa shape index (κ1) is 27.7. The highest BCUT2D eigenvalue weighted by atomic mass is 32.2. The molecule has 0 unspecified atom stereocenters. The van der Waals surface area contributed by atoms with Crippen molar-refractivity contribution in [2.24, 2.45) is 10.2 Å². The average molecular weight is 602 g/mol. The normalized spacial score (nSPS) is 13.1. The molecular weight excluding hydrogens is 583 g/mol. The van der Waals surface area contributed by atoms with Crippen LogP contribution < -0.4 is 10.5 Å². The lowest BCUT2D eigenvalue weighted by Gasteiger charge is -2.10. The van der Waals surface area contributed by atoms with Gasteiger partial charge in [0, 0.05) is 6.54 Å². The Morgan fingerprint density at radius 1 is 1.00 bits per heavy atom. The minimum Gasteiger partial charge on any atom is -0.382 e. The predicted octanol–water partition coefficient (Wildman–Crippen LogP) is 2.58. The van der Waals surface area contributed by atoms with E-state index in [0.717, 1.165) is 34.2 Å². The minimum atomic E-state index is -4.85. The van der Waals surface area contributed by atoms with Gasteiger partial charge in [-0.25, -0.2) is 22.8 Å². The van der Waals surface area contributed by atoms with Crippen molar-refractivity contribution in [3.8, 4) is 5.69 Å². The Morgan fingerprint density at radius 3 is 2.32 bits per heavy atom. The SMILES string of the molecule is CCNS(=O)(=O)c1ccc2nc(/N=N/c3c(C)nn(-c4cc(S(=O)(=O)O)ccc4S(=O)(=O)O)c3N)sc2c1. The molecule has 0 aliphatic rings.